The van der Waals surface area contributed by atoms with E-state index in [0.717, 1.165) is 29.0 Å². The summed E-state index contributed by atoms with van der Waals surface area (Å²) in [5, 5.41) is 6.12. The fourth-order valence-corrected chi connectivity index (χ4v) is 3.62. The monoisotopic (exact) mass is 395 g/mol. The number of anilines is 2. The van der Waals surface area contributed by atoms with Crippen LogP contribution in [0.4, 0.5) is 15.2 Å². The van der Waals surface area contributed by atoms with Gasteiger partial charge in [-0.2, -0.15) is 0 Å². The number of aromatic nitrogens is 1. The SMILES string of the molecule is Cc1sc(NC(=O)c2ccc(NC(=O)C3CC3)cc2)nc1-c1ccc(F)cc1. The van der Waals surface area contributed by atoms with E-state index in [4.69, 9.17) is 0 Å². The summed E-state index contributed by atoms with van der Waals surface area (Å²) >= 11 is 1.36. The standard InChI is InChI=1S/C21H18FN3O2S/c1-12-18(13-4-8-16(22)9-5-13)24-21(28-12)25-20(27)15-6-10-17(11-7-15)23-19(26)14-2-3-14/h4-11,14H,2-3H2,1H3,(H,23,26)(H,24,25,27). The molecular formula is C21H18FN3O2S. The van der Waals surface area contributed by atoms with Gasteiger partial charge >= 0.3 is 0 Å². The van der Waals surface area contributed by atoms with Gasteiger partial charge in [-0.05, 0) is 68.3 Å². The third-order valence-corrected chi connectivity index (χ3v) is 5.38. The van der Waals surface area contributed by atoms with Crippen molar-refractivity contribution in [3.63, 3.8) is 0 Å². The number of halogens is 1. The summed E-state index contributed by atoms with van der Waals surface area (Å²) < 4.78 is 13.1. The first-order valence-electron chi connectivity index (χ1n) is 8.95. The van der Waals surface area contributed by atoms with Gasteiger partial charge in [0.2, 0.25) is 5.91 Å². The van der Waals surface area contributed by atoms with Crippen molar-refractivity contribution in [2.45, 2.75) is 19.8 Å². The zero-order valence-electron chi connectivity index (χ0n) is 15.2. The van der Waals surface area contributed by atoms with Crippen LogP contribution < -0.4 is 10.6 Å². The predicted molar refractivity (Wildman–Crippen MR) is 108 cm³/mol. The maximum absolute atomic E-state index is 13.1. The number of amides is 2. The Morgan fingerprint density at radius 1 is 1.04 bits per heavy atom. The fourth-order valence-electron chi connectivity index (χ4n) is 2.79. The molecule has 0 bridgehead atoms. The molecule has 0 unspecified atom stereocenters. The van der Waals surface area contributed by atoms with Crippen molar-refractivity contribution in [2.24, 2.45) is 5.92 Å². The summed E-state index contributed by atoms with van der Waals surface area (Å²) in [4.78, 5) is 29.7. The Morgan fingerprint density at radius 3 is 2.36 bits per heavy atom. The molecule has 0 aliphatic heterocycles. The highest BCUT2D eigenvalue weighted by Crippen LogP contribution is 2.31. The van der Waals surface area contributed by atoms with E-state index >= 15 is 0 Å². The first-order valence-corrected chi connectivity index (χ1v) is 9.77. The topological polar surface area (TPSA) is 71.1 Å². The molecule has 2 aromatic carbocycles. The Bertz CT molecular complexity index is 1020. The van der Waals surface area contributed by atoms with E-state index in [9.17, 15) is 14.0 Å². The van der Waals surface area contributed by atoms with E-state index < -0.39 is 0 Å². The molecule has 28 heavy (non-hydrogen) atoms. The van der Waals surface area contributed by atoms with E-state index in [1.807, 2.05) is 6.92 Å². The van der Waals surface area contributed by atoms with Gasteiger partial charge in [-0.1, -0.05) is 0 Å². The van der Waals surface area contributed by atoms with Crippen molar-refractivity contribution in [3.8, 4) is 11.3 Å². The second-order valence-electron chi connectivity index (χ2n) is 6.73. The van der Waals surface area contributed by atoms with Crippen LogP contribution in [0.1, 0.15) is 28.1 Å². The van der Waals surface area contributed by atoms with Crippen molar-refractivity contribution in [3.05, 3.63) is 64.8 Å². The summed E-state index contributed by atoms with van der Waals surface area (Å²) in [6.07, 6.45) is 1.89. The van der Waals surface area contributed by atoms with E-state index in [1.54, 1.807) is 36.4 Å². The summed E-state index contributed by atoms with van der Waals surface area (Å²) in [7, 11) is 0. The fraction of sp³-hybridized carbons (Fsp3) is 0.190. The summed E-state index contributed by atoms with van der Waals surface area (Å²) in [6, 6.07) is 12.9. The lowest BCUT2D eigenvalue weighted by Gasteiger charge is -2.06. The van der Waals surface area contributed by atoms with Crippen LogP contribution in [-0.2, 0) is 4.79 Å². The largest absolute Gasteiger partial charge is 0.326 e. The number of hydrogen-bond acceptors (Lipinski definition) is 4. The molecule has 2 N–H and O–H groups in total. The average molecular weight is 395 g/mol. The van der Waals surface area contributed by atoms with Crippen molar-refractivity contribution in [1.29, 1.82) is 0 Å². The molecule has 0 radical (unpaired) electrons. The van der Waals surface area contributed by atoms with Gasteiger partial charge in [0.05, 0.1) is 5.69 Å². The second kappa shape index (κ2) is 7.52. The summed E-state index contributed by atoms with van der Waals surface area (Å²) in [5.41, 5.74) is 2.67. The van der Waals surface area contributed by atoms with E-state index in [2.05, 4.69) is 15.6 Å². The summed E-state index contributed by atoms with van der Waals surface area (Å²) in [5.74, 6) is -0.420. The lowest BCUT2D eigenvalue weighted by Crippen LogP contribution is -2.14. The smallest absolute Gasteiger partial charge is 0.257 e. The van der Waals surface area contributed by atoms with Crippen LogP contribution in [0, 0.1) is 18.7 Å². The summed E-state index contributed by atoms with van der Waals surface area (Å²) in [6.45, 7) is 1.91. The molecule has 1 heterocycles. The number of carbonyl (C=O) groups excluding carboxylic acids is 2. The zero-order valence-corrected chi connectivity index (χ0v) is 16.0. The van der Waals surface area contributed by atoms with Gasteiger partial charge in [0.1, 0.15) is 5.82 Å². The molecule has 1 aromatic heterocycles. The van der Waals surface area contributed by atoms with E-state index in [0.29, 0.717) is 16.4 Å². The average Bonchev–Trinajstić information content (AvgIpc) is 3.47. The minimum atomic E-state index is -0.304. The van der Waals surface area contributed by atoms with Crippen LogP contribution in [0.5, 0.6) is 0 Å². The molecule has 1 saturated carbocycles. The molecule has 142 valence electrons. The van der Waals surface area contributed by atoms with Crippen molar-refractivity contribution < 1.29 is 14.0 Å². The van der Waals surface area contributed by atoms with Gasteiger partial charge < -0.3 is 5.32 Å². The van der Waals surface area contributed by atoms with Gasteiger partial charge in [-0.15, -0.1) is 11.3 Å². The first-order chi connectivity index (χ1) is 13.5. The van der Waals surface area contributed by atoms with Crippen molar-refractivity contribution in [2.75, 3.05) is 10.6 Å². The highest BCUT2D eigenvalue weighted by atomic mass is 32.1. The second-order valence-corrected chi connectivity index (χ2v) is 7.93. The van der Waals surface area contributed by atoms with Crippen molar-refractivity contribution >= 4 is 34.0 Å². The Labute approximate surface area is 165 Å². The molecule has 7 heteroatoms. The number of carbonyl (C=O) groups is 2. The molecular weight excluding hydrogens is 377 g/mol. The highest BCUT2D eigenvalue weighted by molar-refractivity contribution is 7.16. The minimum Gasteiger partial charge on any atom is -0.326 e. The number of thiazole rings is 1. The molecule has 0 atom stereocenters. The molecule has 3 aromatic rings. The molecule has 1 aliphatic rings. The Hall–Kier alpha value is -3.06. The normalized spacial score (nSPS) is 13.2. The van der Waals surface area contributed by atoms with Crippen LogP contribution in [0.2, 0.25) is 0 Å². The first kappa shape index (κ1) is 18.3. The lowest BCUT2D eigenvalue weighted by molar-refractivity contribution is -0.117. The van der Waals surface area contributed by atoms with E-state index in [1.165, 1.54) is 23.5 Å². The maximum atomic E-state index is 13.1. The Kier molecular flexibility index (Phi) is 4.92. The number of hydrogen-bond donors (Lipinski definition) is 2. The Balaban J connectivity index is 1.44. The number of aryl methyl sites for hydroxylation is 1. The third kappa shape index (κ3) is 4.09. The van der Waals surface area contributed by atoms with Crippen LogP contribution in [0.3, 0.4) is 0 Å². The van der Waals surface area contributed by atoms with Crippen LogP contribution in [0.15, 0.2) is 48.5 Å². The predicted octanol–water partition coefficient (Wildman–Crippen LogP) is 4.86. The van der Waals surface area contributed by atoms with Crippen LogP contribution in [0.25, 0.3) is 11.3 Å². The molecule has 4 rings (SSSR count). The van der Waals surface area contributed by atoms with Gasteiger partial charge in [-0.25, -0.2) is 9.37 Å². The van der Waals surface area contributed by atoms with Gasteiger partial charge in [-0.3, -0.25) is 14.9 Å². The Morgan fingerprint density at radius 2 is 1.71 bits per heavy atom. The van der Waals surface area contributed by atoms with Gasteiger partial charge in [0, 0.05) is 27.6 Å². The number of rotatable bonds is 5. The van der Waals surface area contributed by atoms with Gasteiger partial charge in [0.25, 0.3) is 5.91 Å². The minimum absolute atomic E-state index is 0.0313. The number of nitrogens with one attached hydrogen (secondary N) is 2. The zero-order chi connectivity index (χ0) is 19.7. The van der Waals surface area contributed by atoms with Crippen LogP contribution >= 0.6 is 11.3 Å². The molecule has 1 aliphatic carbocycles. The maximum Gasteiger partial charge on any atom is 0.257 e. The molecule has 1 fully saturated rings. The molecule has 0 spiro atoms. The molecule has 5 nitrogen and oxygen atoms in total. The highest BCUT2D eigenvalue weighted by Gasteiger charge is 2.29. The number of benzene rings is 2. The van der Waals surface area contributed by atoms with E-state index in [-0.39, 0.29) is 23.5 Å². The van der Waals surface area contributed by atoms with Crippen LogP contribution in [-0.4, -0.2) is 16.8 Å². The lowest BCUT2D eigenvalue weighted by atomic mass is 10.1. The van der Waals surface area contributed by atoms with Gasteiger partial charge in [0.15, 0.2) is 5.13 Å². The number of nitrogens with zero attached hydrogens (tertiary/aromatic N) is 1. The molecule has 0 saturated heterocycles. The third-order valence-electron chi connectivity index (χ3n) is 4.50. The molecule has 2 amide bonds. The quantitative estimate of drug-likeness (QED) is 0.648. The van der Waals surface area contributed by atoms with Crippen molar-refractivity contribution in [1.82, 2.24) is 4.98 Å².